The topological polar surface area (TPSA) is 74.6 Å². The van der Waals surface area contributed by atoms with Crippen LogP contribution >= 0.6 is 0 Å². The van der Waals surface area contributed by atoms with E-state index in [-0.39, 0.29) is 17.8 Å². The molecule has 1 aromatic carbocycles. The number of benzene rings is 1. The minimum atomic E-state index is -0.913. The molecule has 5 rings (SSSR count). The third-order valence-electron chi connectivity index (χ3n) is 8.63. The van der Waals surface area contributed by atoms with E-state index in [1.807, 2.05) is 0 Å². The lowest BCUT2D eigenvalue weighted by atomic mass is 9.66. The number of para-hydroxylation sites is 1. The number of aliphatic carboxylic acids is 1. The first-order valence-electron chi connectivity index (χ1n) is 14.3. The highest BCUT2D eigenvalue weighted by molar-refractivity contribution is 6.13. The van der Waals surface area contributed by atoms with Gasteiger partial charge in [-0.05, 0) is 62.8 Å². The molecule has 6 heteroatoms. The van der Waals surface area contributed by atoms with Crippen LogP contribution in [0.25, 0.3) is 16.6 Å². The summed E-state index contributed by atoms with van der Waals surface area (Å²) in [6.07, 6.45) is 15.0. The molecule has 1 saturated heterocycles. The number of unbranched alkanes of at least 4 members (excludes halogenated alkanes) is 6. The number of piperidine rings is 1. The van der Waals surface area contributed by atoms with Crippen molar-refractivity contribution in [3.63, 3.8) is 0 Å². The molecule has 0 saturated carbocycles. The SMILES string of the molecule is CCCCCCCCCC(=O)[O-].CC[C@@]12C=C(C(=O)OC)n3c4c(c5ccccc53)CCN(CCC1)[C@H]42. The summed E-state index contributed by atoms with van der Waals surface area (Å²) in [6, 6.07) is 8.89. The van der Waals surface area contributed by atoms with Crippen molar-refractivity contribution in [1.82, 2.24) is 9.47 Å². The summed E-state index contributed by atoms with van der Waals surface area (Å²) >= 11 is 0. The average Bonchev–Trinajstić information content (AvgIpc) is 3.26. The van der Waals surface area contributed by atoms with Gasteiger partial charge < -0.3 is 19.2 Å². The monoisotopic (exact) mass is 507 g/mol. The molecular formula is C31H43N2O4-. The Kier molecular flexibility index (Phi) is 9.12. The van der Waals surface area contributed by atoms with Crippen LogP contribution < -0.4 is 5.11 Å². The van der Waals surface area contributed by atoms with E-state index in [1.165, 1.54) is 62.3 Å². The number of carbonyl (C=O) groups is 2. The van der Waals surface area contributed by atoms with E-state index in [9.17, 15) is 14.7 Å². The second-order valence-corrected chi connectivity index (χ2v) is 10.9. The van der Waals surface area contributed by atoms with Gasteiger partial charge in [0, 0.05) is 29.0 Å². The fourth-order valence-electron chi connectivity index (χ4n) is 6.76. The quantitative estimate of drug-likeness (QED) is 0.308. The van der Waals surface area contributed by atoms with Crippen molar-refractivity contribution in [2.45, 2.75) is 96.9 Å². The van der Waals surface area contributed by atoms with Crippen LogP contribution in [0.3, 0.4) is 0 Å². The molecule has 2 atom stereocenters. The van der Waals surface area contributed by atoms with Crippen LogP contribution in [0.1, 0.15) is 102 Å². The van der Waals surface area contributed by atoms with Crippen molar-refractivity contribution < 1.29 is 19.4 Å². The summed E-state index contributed by atoms with van der Waals surface area (Å²) < 4.78 is 7.38. The van der Waals surface area contributed by atoms with Crippen molar-refractivity contribution in [3.05, 3.63) is 41.6 Å². The molecule has 1 fully saturated rings. The lowest BCUT2D eigenvalue weighted by Gasteiger charge is -2.53. The molecule has 2 aromatic rings. The number of carboxylic acids is 1. The van der Waals surface area contributed by atoms with E-state index in [1.54, 1.807) is 0 Å². The number of nitrogens with zero attached hydrogens (tertiary/aromatic N) is 2. The van der Waals surface area contributed by atoms with E-state index >= 15 is 0 Å². The molecule has 6 nitrogen and oxygen atoms in total. The maximum Gasteiger partial charge on any atom is 0.354 e. The van der Waals surface area contributed by atoms with Crippen molar-refractivity contribution >= 4 is 28.5 Å². The number of aromatic nitrogens is 1. The van der Waals surface area contributed by atoms with Crippen LogP contribution in [-0.4, -0.2) is 41.6 Å². The fraction of sp³-hybridized carbons (Fsp3) is 0.613. The third-order valence-corrected chi connectivity index (χ3v) is 8.63. The number of fused-ring (bicyclic) bond motifs is 3. The second kappa shape index (κ2) is 12.3. The molecule has 0 spiro atoms. The molecule has 4 heterocycles. The first-order valence-corrected chi connectivity index (χ1v) is 14.3. The Balaban J connectivity index is 0.000000229. The second-order valence-electron chi connectivity index (χ2n) is 10.9. The van der Waals surface area contributed by atoms with E-state index in [4.69, 9.17) is 4.74 Å². The van der Waals surface area contributed by atoms with Crippen LogP contribution in [0.4, 0.5) is 0 Å². The fourth-order valence-corrected chi connectivity index (χ4v) is 6.76. The standard InChI is InChI=1S/C21H24N2O2.C10H20O2/c1-3-21-10-6-11-22-12-9-15-14-7-4-5-8-16(14)23(18(15)19(21)22)17(13-21)20(24)25-2;1-2-3-4-5-6-7-8-9-10(11)12/h4-5,7-8,13,19H,3,6,9-12H2,1-2H3;2-9H2,1H3,(H,11,12)/p-1/t19-,21+;/m1./s1. The molecule has 37 heavy (non-hydrogen) atoms. The Morgan fingerprint density at radius 2 is 1.78 bits per heavy atom. The maximum atomic E-state index is 12.7. The van der Waals surface area contributed by atoms with Crippen LogP contribution in [0, 0.1) is 5.41 Å². The Hall–Kier alpha value is -2.60. The summed E-state index contributed by atoms with van der Waals surface area (Å²) in [6.45, 7) is 6.74. The average molecular weight is 508 g/mol. The molecule has 0 amide bonds. The molecule has 0 bridgehead atoms. The van der Waals surface area contributed by atoms with E-state index in [0.29, 0.717) is 11.7 Å². The minimum absolute atomic E-state index is 0.0430. The van der Waals surface area contributed by atoms with E-state index < -0.39 is 5.97 Å². The van der Waals surface area contributed by atoms with E-state index in [0.717, 1.165) is 50.7 Å². The number of carbonyl (C=O) groups excluding carboxylic acids is 2. The van der Waals surface area contributed by atoms with Crippen LogP contribution in [0.5, 0.6) is 0 Å². The van der Waals surface area contributed by atoms with Gasteiger partial charge in [0.15, 0.2) is 0 Å². The minimum Gasteiger partial charge on any atom is -0.550 e. The number of carboxylic acid groups (broad SMARTS) is 1. The number of rotatable bonds is 10. The Morgan fingerprint density at radius 3 is 2.49 bits per heavy atom. The predicted molar refractivity (Wildman–Crippen MR) is 146 cm³/mol. The lowest BCUT2D eigenvalue weighted by Crippen LogP contribution is -2.51. The molecule has 202 valence electrons. The van der Waals surface area contributed by atoms with Gasteiger partial charge in [0.25, 0.3) is 0 Å². The summed E-state index contributed by atoms with van der Waals surface area (Å²) in [5.74, 6) is -1.14. The van der Waals surface area contributed by atoms with Crippen LogP contribution in [-0.2, 0) is 20.7 Å². The van der Waals surface area contributed by atoms with Gasteiger partial charge >= 0.3 is 5.97 Å². The zero-order valence-electron chi connectivity index (χ0n) is 22.9. The van der Waals surface area contributed by atoms with Crippen LogP contribution in [0.2, 0.25) is 0 Å². The van der Waals surface area contributed by atoms with E-state index in [2.05, 4.69) is 53.7 Å². The van der Waals surface area contributed by atoms with Gasteiger partial charge in [0.05, 0.1) is 18.7 Å². The van der Waals surface area contributed by atoms with Gasteiger partial charge in [-0.25, -0.2) is 4.79 Å². The molecule has 0 N–H and O–H groups in total. The Morgan fingerprint density at radius 1 is 1.05 bits per heavy atom. The Bertz CT molecular complexity index is 1130. The zero-order valence-corrected chi connectivity index (χ0v) is 22.9. The van der Waals surface area contributed by atoms with Gasteiger partial charge in [-0.1, -0.05) is 70.6 Å². The highest BCUT2D eigenvalue weighted by atomic mass is 16.5. The van der Waals surface area contributed by atoms with Gasteiger partial charge in [-0.2, -0.15) is 0 Å². The largest absolute Gasteiger partial charge is 0.550 e. The number of hydrogen-bond donors (Lipinski definition) is 0. The van der Waals surface area contributed by atoms with Crippen LogP contribution in [0.15, 0.2) is 30.3 Å². The lowest BCUT2D eigenvalue weighted by molar-refractivity contribution is -0.305. The first-order chi connectivity index (χ1) is 18.0. The number of esters is 1. The van der Waals surface area contributed by atoms with Crippen molar-refractivity contribution in [2.75, 3.05) is 20.2 Å². The van der Waals surface area contributed by atoms with Crippen molar-refractivity contribution in [2.24, 2.45) is 5.41 Å². The number of hydrogen-bond acceptors (Lipinski definition) is 5. The molecular weight excluding hydrogens is 464 g/mol. The third kappa shape index (κ3) is 5.50. The normalized spacial score (nSPS) is 22.0. The van der Waals surface area contributed by atoms with Crippen molar-refractivity contribution in [3.8, 4) is 0 Å². The zero-order chi connectivity index (χ0) is 26.4. The molecule has 0 radical (unpaired) electrons. The maximum absolute atomic E-state index is 12.7. The first kappa shape index (κ1) is 27.4. The molecule has 0 unspecified atom stereocenters. The highest BCUT2D eigenvalue weighted by Gasteiger charge is 2.51. The summed E-state index contributed by atoms with van der Waals surface area (Å²) in [5.41, 5.74) is 4.67. The molecule has 3 aliphatic rings. The molecule has 0 aliphatic carbocycles. The molecule has 1 aromatic heterocycles. The van der Waals surface area contributed by atoms with Gasteiger partial charge in [-0.3, -0.25) is 4.90 Å². The molecule has 3 aliphatic heterocycles. The smallest absolute Gasteiger partial charge is 0.354 e. The predicted octanol–water partition coefficient (Wildman–Crippen LogP) is 5.64. The summed E-state index contributed by atoms with van der Waals surface area (Å²) in [4.78, 5) is 25.4. The summed E-state index contributed by atoms with van der Waals surface area (Å²) in [5, 5.41) is 11.3. The van der Waals surface area contributed by atoms with Gasteiger partial charge in [0.2, 0.25) is 0 Å². The van der Waals surface area contributed by atoms with Gasteiger partial charge in [0.1, 0.15) is 5.70 Å². The van der Waals surface area contributed by atoms with Crippen molar-refractivity contribution in [1.29, 1.82) is 0 Å². The number of ether oxygens (including phenoxy) is 1. The number of methoxy groups -OCH3 is 1. The highest BCUT2D eigenvalue weighted by Crippen LogP contribution is 2.57. The van der Waals surface area contributed by atoms with Gasteiger partial charge in [-0.15, -0.1) is 0 Å². The Labute approximate surface area is 221 Å². The summed E-state index contributed by atoms with van der Waals surface area (Å²) in [7, 11) is 1.49.